The van der Waals surface area contributed by atoms with Gasteiger partial charge in [-0.1, -0.05) is 25.3 Å². The van der Waals surface area contributed by atoms with Crippen molar-refractivity contribution < 1.29 is 26.7 Å². The van der Waals surface area contributed by atoms with Gasteiger partial charge in [0, 0.05) is 5.41 Å². The zero-order valence-corrected chi connectivity index (χ0v) is 13.5. The number of nitrogens with zero attached hydrogens (tertiary/aromatic N) is 1. The Bertz CT molecular complexity index is 684. The number of hydrogen-bond acceptors (Lipinski definition) is 2. The van der Waals surface area contributed by atoms with E-state index in [1.54, 1.807) is 0 Å². The van der Waals surface area contributed by atoms with Crippen LogP contribution in [0, 0.1) is 23.0 Å². The second-order valence-electron chi connectivity index (χ2n) is 6.86. The lowest BCUT2D eigenvalue weighted by atomic mass is 9.66. The Hall–Kier alpha value is -1.79. The van der Waals surface area contributed by atoms with Gasteiger partial charge in [-0.25, -0.2) is 13.8 Å². The number of hydrogen-bond donors (Lipinski definition) is 0. The number of halogens is 5. The van der Waals surface area contributed by atoms with E-state index in [-0.39, 0.29) is 6.42 Å². The summed E-state index contributed by atoms with van der Waals surface area (Å²) in [5.74, 6) is -4.28. The van der Waals surface area contributed by atoms with Crippen molar-refractivity contribution in [2.75, 3.05) is 0 Å². The van der Waals surface area contributed by atoms with Crippen LogP contribution in [0.3, 0.4) is 0 Å². The van der Waals surface area contributed by atoms with Crippen molar-refractivity contribution in [3.63, 3.8) is 0 Å². The van der Waals surface area contributed by atoms with Crippen molar-refractivity contribution in [3.05, 3.63) is 29.8 Å². The monoisotopic (exact) mass is 359 g/mol. The molecule has 1 unspecified atom stereocenters. The lowest BCUT2D eigenvalue weighted by Gasteiger charge is -2.37. The first-order valence-corrected chi connectivity index (χ1v) is 8.39. The summed E-state index contributed by atoms with van der Waals surface area (Å²) in [5.41, 5.74) is -3.09. The third kappa shape index (κ3) is 3.33. The number of carbonyl (C=O) groups excluding carboxylic acids is 1. The summed E-state index contributed by atoms with van der Waals surface area (Å²) in [7, 11) is 0. The molecule has 2 nitrogen and oxygen atoms in total. The first kappa shape index (κ1) is 18.0. The molecule has 0 heterocycles. The molecule has 25 heavy (non-hydrogen) atoms. The standard InChI is InChI=1S/C18H18F5NO/c19-12-6-3-7-13(20)14(12)24-15(18(21,22)23)11-5-4-10-17(16(11)25)8-1-2-9-17/h3,6-7,11H,1-2,4-5,8-10H2. The van der Waals surface area contributed by atoms with Gasteiger partial charge in [-0.15, -0.1) is 0 Å². The zero-order chi connectivity index (χ0) is 18.2. The number of rotatable bonds is 2. The lowest BCUT2D eigenvalue weighted by molar-refractivity contribution is -0.135. The first-order chi connectivity index (χ1) is 11.7. The lowest BCUT2D eigenvalue weighted by Crippen LogP contribution is -2.45. The van der Waals surface area contributed by atoms with Gasteiger partial charge in [0.1, 0.15) is 17.2 Å². The zero-order valence-electron chi connectivity index (χ0n) is 13.5. The highest BCUT2D eigenvalue weighted by Gasteiger charge is 2.52. The minimum atomic E-state index is -4.92. The van der Waals surface area contributed by atoms with E-state index >= 15 is 0 Å². The normalized spacial score (nSPS) is 24.1. The van der Waals surface area contributed by atoms with E-state index in [0.717, 1.165) is 31.0 Å². The molecule has 2 aliphatic carbocycles. The number of carbonyl (C=O) groups is 1. The van der Waals surface area contributed by atoms with Crippen LogP contribution in [-0.2, 0) is 4.79 Å². The summed E-state index contributed by atoms with van der Waals surface area (Å²) >= 11 is 0. The van der Waals surface area contributed by atoms with Gasteiger partial charge in [0.15, 0.2) is 11.6 Å². The van der Waals surface area contributed by atoms with Crippen molar-refractivity contribution in [2.24, 2.45) is 16.3 Å². The molecule has 1 aromatic rings. The summed E-state index contributed by atoms with van der Waals surface area (Å²) in [4.78, 5) is 16.1. The molecule has 0 radical (unpaired) electrons. The maximum absolute atomic E-state index is 13.8. The average molecular weight is 359 g/mol. The predicted octanol–water partition coefficient (Wildman–Crippen LogP) is 5.53. The van der Waals surface area contributed by atoms with Crippen LogP contribution in [0.25, 0.3) is 0 Å². The maximum Gasteiger partial charge on any atom is 0.430 e. The van der Waals surface area contributed by atoms with Crippen LogP contribution in [0.5, 0.6) is 0 Å². The Labute approximate surface area is 142 Å². The third-order valence-electron chi connectivity index (χ3n) is 5.34. The highest BCUT2D eigenvalue weighted by molar-refractivity contribution is 6.10. The molecule has 2 aliphatic rings. The summed E-state index contributed by atoms with van der Waals surface area (Å²) in [6.07, 6.45) is -1.05. The Balaban J connectivity index is 2.05. The second kappa shape index (κ2) is 6.50. The van der Waals surface area contributed by atoms with Gasteiger partial charge in [0.05, 0.1) is 5.92 Å². The quantitative estimate of drug-likeness (QED) is 0.504. The van der Waals surface area contributed by atoms with Gasteiger partial charge in [0.2, 0.25) is 0 Å². The van der Waals surface area contributed by atoms with Crippen LogP contribution in [0.1, 0.15) is 44.9 Å². The van der Waals surface area contributed by atoms with Crippen LogP contribution in [0.2, 0.25) is 0 Å². The minimum Gasteiger partial charge on any atom is -0.298 e. The molecule has 0 aromatic heterocycles. The fraction of sp³-hybridized carbons (Fsp3) is 0.556. The largest absolute Gasteiger partial charge is 0.430 e. The second-order valence-corrected chi connectivity index (χ2v) is 6.86. The van der Waals surface area contributed by atoms with E-state index in [1.807, 2.05) is 0 Å². The molecule has 7 heteroatoms. The first-order valence-electron chi connectivity index (χ1n) is 8.39. The molecule has 2 saturated carbocycles. The van der Waals surface area contributed by atoms with E-state index in [0.29, 0.717) is 25.7 Å². The van der Waals surface area contributed by atoms with Crippen molar-refractivity contribution in [1.82, 2.24) is 0 Å². The van der Waals surface area contributed by atoms with Crippen molar-refractivity contribution >= 4 is 17.2 Å². The van der Waals surface area contributed by atoms with Gasteiger partial charge in [-0.3, -0.25) is 4.79 Å². The molecular formula is C18H18F5NO. The summed E-state index contributed by atoms with van der Waals surface area (Å²) in [6, 6.07) is 2.74. The minimum absolute atomic E-state index is 0.00893. The molecular weight excluding hydrogens is 341 g/mol. The molecule has 2 fully saturated rings. The van der Waals surface area contributed by atoms with E-state index in [1.165, 1.54) is 0 Å². The molecule has 0 N–H and O–H groups in total. The van der Waals surface area contributed by atoms with Crippen LogP contribution in [0.4, 0.5) is 27.6 Å². The number of ketones is 1. The maximum atomic E-state index is 13.8. The molecule has 0 amide bonds. The molecule has 1 aromatic carbocycles. The average Bonchev–Trinajstić information content (AvgIpc) is 2.99. The van der Waals surface area contributed by atoms with Gasteiger partial charge in [-0.05, 0) is 37.8 Å². The Morgan fingerprint density at radius 1 is 1.04 bits per heavy atom. The van der Waals surface area contributed by atoms with Crippen LogP contribution in [-0.4, -0.2) is 17.7 Å². The van der Waals surface area contributed by atoms with Crippen molar-refractivity contribution in [1.29, 1.82) is 0 Å². The molecule has 136 valence electrons. The summed E-state index contributed by atoms with van der Waals surface area (Å²) < 4.78 is 68.2. The fourth-order valence-corrected chi connectivity index (χ4v) is 4.13. The van der Waals surface area contributed by atoms with E-state index < -0.39 is 46.3 Å². The van der Waals surface area contributed by atoms with E-state index in [4.69, 9.17) is 0 Å². The molecule has 1 spiro atoms. The van der Waals surface area contributed by atoms with Gasteiger partial charge in [0.25, 0.3) is 0 Å². The molecule has 1 atom stereocenters. The number of alkyl halides is 3. The van der Waals surface area contributed by atoms with Crippen LogP contribution < -0.4 is 0 Å². The molecule has 0 aliphatic heterocycles. The highest BCUT2D eigenvalue weighted by Crippen LogP contribution is 2.49. The van der Waals surface area contributed by atoms with Crippen LogP contribution in [0.15, 0.2) is 23.2 Å². The number of Topliss-reactive ketones (excluding diaryl/α,β-unsaturated/α-hetero) is 1. The number of benzene rings is 1. The van der Waals surface area contributed by atoms with Crippen LogP contribution >= 0.6 is 0 Å². The Morgan fingerprint density at radius 3 is 2.16 bits per heavy atom. The predicted molar refractivity (Wildman–Crippen MR) is 82.8 cm³/mol. The topological polar surface area (TPSA) is 29.4 Å². The Morgan fingerprint density at radius 2 is 1.60 bits per heavy atom. The SMILES string of the molecule is O=C1C(C(=Nc2c(F)cccc2F)C(F)(F)F)CCCC12CCCC2. The molecule has 0 saturated heterocycles. The van der Waals surface area contributed by atoms with Crippen molar-refractivity contribution in [3.8, 4) is 0 Å². The van der Waals surface area contributed by atoms with Gasteiger partial charge < -0.3 is 0 Å². The fourth-order valence-electron chi connectivity index (χ4n) is 4.13. The Kier molecular flexibility index (Phi) is 4.68. The van der Waals surface area contributed by atoms with E-state index in [2.05, 4.69) is 4.99 Å². The van der Waals surface area contributed by atoms with E-state index in [9.17, 15) is 26.7 Å². The summed E-state index contributed by atoms with van der Waals surface area (Å²) in [6.45, 7) is 0. The van der Waals surface area contributed by atoms with Gasteiger partial charge >= 0.3 is 6.18 Å². The van der Waals surface area contributed by atoms with Gasteiger partial charge in [-0.2, -0.15) is 13.2 Å². The number of aliphatic imine (C=N–C) groups is 1. The molecule has 3 rings (SSSR count). The van der Waals surface area contributed by atoms with Crippen molar-refractivity contribution in [2.45, 2.75) is 51.1 Å². The number of para-hydroxylation sites is 1. The smallest absolute Gasteiger partial charge is 0.298 e. The highest BCUT2D eigenvalue weighted by atomic mass is 19.4. The summed E-state index contributed by atoms with van der Waals surface area (Å²) in [5, 5.41) is 0. The third-order valence-corrected chi connectivity index (χ3v) is 5.34. The molecule has 0 bridgehead atoms.